The average molecular weight is 381 g/mol. The molecule has 0 spiro atoms. The van der Waals surface area contributed by atoms with Crippen LogP contribution in [0.5, 0.6) is 0 Å². The highest BCUT2D eigenvalue weighted by molar-refractivity contribution is 6.07. The summed E-state index contributed by atoms with van der Waals surface area (Å²) in [6.07, 6.45) is 2.46. The van der Waals surface area contributed by atoms with Gasteiger partial charge in [0.1, 0.15) is 31.7 Å². The van der Waals surface area contributed by atoms with Crippen LogP contribution in [-0.2, 0) is 10.3 Å². The lowest BCUT2D eigenvalue weighted by molar-refractivity contribution is -0.908. The molecule has 146 valence electrons. The van der Waals surface area contributed by atoms with Crippen LogP contribution < -0.4 is 20.1 Å². The normalized spacial score (nSPS) is 23.2. The predicted octanol–water partition coefficient (Wildman–Crippen LogP) is 0.0204. The number of benzene rings is 1. The number of imide groups is 1. The Kier molecular flexibility index (Phi) is 5.00. The summed E-state index contributed by atoms with van der Waals surface area (Å²) in [5.74, 6) is 0.961. The third-order valence-corrected chi connectivity index (χ3v) is 5.86. The number of rotatable bonds is 5. The molecule has 2 fully saturated rings. The number of nitrogens with zero attached hydrogens (tertiary/aromatic N) is 2. The molecule has 1 aromatic heterocycles. The summed E-state index contributed by atoms with van der Waals surface area (Å²) in [5, 5.41) is 2.97. The van der Waals surface area contributed by atoms with E-state index < -0.39 is 5.54 Å². The number of nitrogens with one attached hydrogen (secondary N) is 3. The Morgan fingerprint density at radius 1 is 1.07 bits per heavy atom. The summed E-state index contributed by atoms with van der Waals surface area (Å²) in [6, 6.07) is 15.3. The number of carbonyl (C=O) groups is 2. The second-order valence-electron chi connectivity index (χ2n) is 7.43. The van der Waals surface area contributed by atoms with Crippen molar-refractivity contribution in [2.45, 2.75) is 18.9 Å². The number of hydrogen-bond acceptors (Lipinski definition) is 3. The van der Waals surface area contributed by atoms with Crippen molar-refractivity contribution >= 4 is 17.8 Å². The van der Waals surface area contributed by atoms with Crippen LogP contribution in [-0.4, -0.2) is 49.7 Å². The van der Waals surface area contributed by atoms with Crippen LogP contribution in [0.1, 0.15) is 18.9 Å². The first-order valence-electron chi connectivity index (χ1n) is 9.89. The fourth-order valence-electron chi connectivity index (χ4n) is 4.16. The molecule has 7 heteroatoms. The van der Waals surface area contributed by atoms with E-state index in [2.05, 4.69) is 21.3 Å². The molecule has 2 aliphatic rings. The third-order valence-electron chi connectivity index (χ3n) is 5.86. The van der Waals surface area contributed by atoms with Gasteiger partial charge in [-0.25, -0.2) is 14.7 Å². The SMILES string of the molecule is CC[C@]1(c2ccccc2)NC(=O)N(C[NH+]2CCN(c3cccc[nH+]3)CC2)C1=O. The topological polar surface area (TPSA) is 71.2 Å². The summed E-state index contributed by atoms with van der Waals surface area (Å²) in [7, 11) is 0. The Labute approximate surface area is 164 Å². The van der Waals surface area contributed by atoms with Crippen LogP contribution in [0.4, 0.5) is 10.6 Å². The van der Waals surface area contributed by atoms with Crippen molar-refractivity contribution in [3.8, 4) is 0 Å². The zero-order valence-electron chi connectivity index (χ0n) is 16.1. The predicted molar refractivity (Wildman–Crippen MR) is 105 cm³/mol. The fourth-order valence-corrected chi connectivity index (χ4v) is 4.16. The number of anilines is 1. The quantitative estimate of drug-likeness (QED) is 0.718. The minimum atomic E-state index is -0.946. The Bertz CT molecular complexity index is 836. The molecule has 0 bridgehead atoms. The van der Waals surface area contributed by atoms with E-state index in [4.69, 9.17) is 0 Å². The van der Waals surface area contributed by atoms with Crippen LogP contribution in [0.2, 0.25) is 0 Å². The summed E-state index contributed by atoms with van der Waals surface area (Å²) in [5.41, 5.74) is -0.101. The third kappa shape index (κ3) is 3.22. The van der Waals surface area contributed by atoms with Gasteiger partial charge in [0.2, 0.25) is 0 Å². The lowest BCUT2D eigenvalue weighted by atomic mass is 9.87. The van der Waals surface area contributed by atoms with Gasteiger partial charge in [-0.05, 0) is 18.1 Å². The molecule has 3 heterocycles. The molecule has 2 saturated heterocycles. The summed E-state index contributed by atoms with van der Waals surface area (Å²) < 4.78 is 0. The van der Waals surface area contributed by atoms with Gasteiger partial charge >= 0.3 is 6.03 Å². The lowest BCUT2D eigenvalue weighted by Gasteiger charge is -2.30. The number of urea groups is 1. The van der Waals surface area contributed by atoms with E-state index in [1.165, 1.54) is 9.80 Å². The highest BCUT2D eigenvalue weighted by Crippen LogP contribution is 2.31. The van der Waals surface area contributed by atoms with E-state index in [0.29, 0.717) is 13.1 Å². The molecule has 0 aliphatic carbocycles. The lowest BCUT2D eigenvalue weighted by Crippen LogP contribution is -3.16. The van der Waals surface area contributed by atoms with Gasteiger partial charge in [-0.1, -0.05) is 43.3 Å². The first kappa shape index (κ1) is 18.4. The van der Waals surface area contributed by atoms with E-state index in [1.807, 2.05) is 55.6 Å². The zero-order chi connectivity index (χ0) is 19.6. The number of hydrogen-bond donors (Lipinski definition) is 2. The smallest absolute Gasteiger partial charge is 0.319 e. The molecule has 4 rings (SSSR count). The van der Waals surface area contributed by atoms with E-state index in [1.54, 1.807) is 0 Å². The average Bonchev–Trinajstić information content (AvgIpc) is 3.00. The van der Waals surface area contributed by atoms with Crippen molar-refractivity contribution in [1.29, 1.82) is 0 Å². The number of piperazine rings is 1. The van der Waals surface area contributed by atoms with Crippen LogP contribution in [0, 0.1) is 0 Å². The molecule has 3 amide bonds. The molecule has 0 radical (unpaired) electrons. The van der Waals surface area contributed by atoms with Gasteiger partial charge in [-0.3, -0.25) is 9.69 Å². The maximum absolute atomic E-state index is 13.2. The summed E-state index contributed by atoms with van der Waals surface area (Å²) in [6.45, 7) is 5.88. The number of pyridine rings is 1. The van der Waals surface area contributed by atoms with Gasteiger partial charge in [0.15, 0.2) is 6.67 Å². The monoisotopic (exact) mass is 381 g/mol. The molecular weight excluding hydrogens is 354 g/mol. The van der Waals surface area contributed by atoms with Crippen LogP contribution >= 0.6 is 0 Å². The van der Waals surface area contributed by atoms with E-state index in [-0.39, 0.29) is 11.9 Å². The highest BCUT2D eigenvalue weighted by atomic mass is 16.2. The van der Waals surface area contributed by atoms with Crippen molar-refractivity contribution in [2.24, 2.45) is 0 Å². The van der Waals surface area contributed by atoms with Crippen LogP contribution in [0.15, 0.2) is 54.7 Å². The molecule has 2 aromatic rings. The molecule has 1 aromatic carbocycles. The Morgan fingerprint density at radius 2 is 1.79 bits per heavy atom. The molecule has 3 N–H and O–H groups in total. The van der Waals surface area contributed by atoms with E-state index >= 15 is 0 Å². The van der Waals surface area contributed by atoms with E-state index in [9.17, 15) is 9.59 Å². The summed E-state index contributed by atoms with van der Waals surface area (Å²) in [4.78, 5) is 34.1. The number of aromatic amines is 1. The van der Waals surface area contributed by atoms with Gasteiger partial charge in [-0.15, -0.1) is 0 Å². The van der Waals surface area contributed by atoms with Gasteiger partial charge in [-0.2, -0.15) is 0 Å². The highest BCUT2D eigenvalue weighted by Gasteiger charge is 2.52. The minimum Gasteiger partial charge on any atom is -0.319 e. The number of H-pyrrole nitrogens is 1. The standard InChI is InChI=1S/C21H25N5O2/c1-2-21(17-8-4-3-5-9-17)19(27)26(20(28)23-21)16-24-12-14-25(15-13-24)18-10-6-7-11-22-18/h3-11H,2,12-16H2,1H3,(H,23,28)/p+2/t21-/m1/s1. The first-order valence-corrected chi connectivity index (χ1v) is 9.89. The molecule has 2 aliphatic heterocycles. The number of carbonyl (C=O) groups excluding carboxylic acids is 2. The maximum atomic E-state index is 13.2. The minimum absolute atomic E-state index is 0.141. The Hall–Kier alpha value is -2.93. The fraction of sp³-hybridized carbons (Fsp3) is 0.381. The second-order valence-corrected chi connectivity index (χ2v) is 7.43. The van der Waals surface area contributed by atoms with Crippen molar-refractivity contribution in [2.75, 3.05) is 37.7 Å². The van der Waals surface area contributed by atoms with Gasteiger partial charge in [0.05, 0.1) is 6.20 Å². The van der Waals surface area contributed by atoms with Gasteiger partial charge in [0, 0.05) is 6.07 Å². The van der Waals surface area contributed by atoms with Gasteiger partial charge < -0.3 is 10.2 Å². The summed E-state index contributed by atoms with van der Waals surface area (Å²) >= 11 is 0. The molecule has 0 saturated carbocycles. The molecule has 7 nitrogen and oxygen atoms in total. The Balaban J connectivity index is 1.43. The number of aromatic nitrogens is 1. The molecule has 28 heavy (non-hydrogen) atoms. The van der Waals surface area contributed by atoms with Crippen molar-refractivity contribution in [3.63, 3.8) is 0 Å². The zero-order valence-corrected chi connectivity index (χ0v) is 16.1. The van der Waals surface area contributed by atoms with Gasteiger partial charge in [0.25, 0.3) is 11.7 Å². The van der Waals surface area contributed by atoms with Crippen molar-refractivity contribution in [3.05, 3.63) is 60.3 Å². The largest absolute Gasteiger partial charge is 0.329 e. The van der Waals surface area contributed by atoms with E-state index in [0.717, 1.165) is 37.6 Å². The van der Waals surface area contributed by atoms with Crippen LogP contribution in [0.25, 0.3) is 0 Å². The second kappa shape index (κ2) is 7.59. The van der Waals surface area contributed by atoms with Crippen LogP contribution in [0.3, 0.4) is 0 Å². The molecule has 1 atom stereocenters. The Morgan fingerprint density at radius 3 is 2.43 bits per heavy atom. The molecular formula is C21H27N5O2+2. The maximum Gasteiger partial charge on any atom is 0.329 e. The first-order chi connectivity index (χ1) is 13.6. The number of amides is 3. The molecule has 0 unspecified atom stereocenters. The number of quaternary nitrogens is 1. The van der Waals surface area contributed by atoms with Crippen molar-refractivity contribution in [1.82, 2.24) is 10.2 Å². The van der Waals surface area contributed by atoms with Crippen molar-refractivity contribution < 1.29 is 19.5 Å².